The molecule has 0 bridgehead atoms. The number of benzene rings is 1. The Labute approximate surface area is 165 Å². The third-order valence-electron chi connectivity index (χ3n) is 4.88. The number of ether oxygens (including phenoxy) is 4. The van der Waals surface area contributed by atoms with Gasteiger partial charge in [0.05, 0.1) is 7.11 Å². The Kier molecular flexibility index (Phi) is 6.79. The van der Waals surface area contributed by atoms with Gasteiger partial charge in [-0.3, -0.25) is 4.79 Å². The summed E-state index contributed by atoms with van der Waals surface area (Å²) < 4.78 is 21.7. The van der Waals surface area contributed by atoms with Crippen molar-refractivity contribution in [2.75, 3.05) is 20.3 Å². The Morgan fingerprint density at radius 2 is 1.93 bits per heavy atom. The number of amides is 1. The van der Waals surface area contributed by atoms with Gasteiger partial charge in [0, 0.05) is 12.1 Å². The van der Waals surface area contributed by atoms with Crippen molar-refractivity contribution in [1.29, 1.82) is 0 Å². The van der Waals surface area contributed by atoms with Crippen LogP contribution in [0.25, 0.3) is 6.08 Å². The number of hydrogen-bond donors (Lipinski definition) is 1. The second-order valence-corrected chi connectivity index (χ2v) is 7.00. The first-order valence-electron chi connectivity index (χ1n) is 9.73. The molecule has 2 aliphatic rings. The van der Waals surface area contributed by atoms with Gasteiger partial charge >= 0.3 is 5.97 Å². The molecule has 1 amide bonds. The molecule has 28 heavy (non-hydrogen) atoms. The number of methoxy groups -OCH3 is 1. The third kappa shape index (κ3) is 5.18. The van der Waals surface area contributed by atoms with Crippen LogP contribution in [-0.2, 0) is 14.3 Å². The molecule has 1 aliphatic carbocycles. The van der Waals surface area contributed by atoms with Gasteiger partial charge in [0.1, 0.15) is 13.2 Å². The zero-order valence-corrected chi connectivity index (χ0v) is 16.4. The molecule has 1 N–H and O–H groups in total. The van der Waals surface area contributed by atoms with Crippen molar-refractivity contribution in [1.82, 2.24) is 5.32 Å². The lowest BCUT2D eigenvalue weighted by Crippen LogP contribution is -2.42. The maximum atomic E-state index is 12.2. The van der Waals surface area contributed by atoms with E-state index in [0.717, 1.165) is 25.7 Å². The molecule has 0 spiro atoms. The normalized spacial score (nSPS) is 17.8. The molecule has 7 nitrogen and oxygen atoms in total. The number of rotatable bonds is 6. The van der Waals surface area contributed by atoms with Crippen LogP contribution >= 0.6 is 0 Å². The van der Waals surface area contributed by atoms with E-state index in [-0.39, 0.29) is 11.9 Å². The highest BCUT2D eigenvalue weighted by molar-refractivity contribution is 5.90. The van der Waals surface area contributed by atoms with Gasteiger partial charge in [-0.25, -0.2) is 4.79 Å². The molecule has 1 atom stereocenters. The first kappa shape index (κ1) is 20.0. The standard InChI is InChI=1S/C21H27NO6/c1-14(21(24)22-16-6-4-3-5-7-16)28-19(23)9-8-15-12-17(25-2)20-18(13-15)26-10-11-27-20/h8-9,12-14,16H,3-7,10-11H2,1-2H3,(H,22,24)/b9-8+/t14-/m1/s1. The van der Waals surface area contributed by atoms with Crippen LogP contribution in [0.2, 0.25) is 0 Å². The maximum absolute atomic E-state index is 12.2. The SMILES string of the molecule is COc1cc(/C=C/C(=O)O[C@H](C)C(=O)NC2CCCCC2)cc2c1OCCO2. The van der Waals surface area contributed by atoms with Gasteiger partial charge in [0.25, 0.3) is 5.91 Å². The van der Waals surface area contributed by atoms with Crippen LogP contribution in [0.4, 0.5) is 0 Å². The van der Waals surface area contributed by atoms with Gasteiger partial charge in [-0.05, 0) is 43.5 Å². The van der Waals surface area contributed by atoms with Crippen molar-refractivity contribution in [3.8, 4) is 17.2 Å². The van der Waals surface area contributed by atoms with Gasteiger partial charge in [0.2, 0.25) is 5.75 Å². The van der Waals surface area contributed by atoms with E-state index in [2.05, 4.69) is 5.32 Å². The summed E-state index contributed by atoms with van der Waals surface area (Å²) in [5, 5.41) is 2.96. The molecule has 1 heterocycles. The summed E-state index contributed by atoms with van der Waals surface area (Å²) in [5.41, 5.74) is 0.706. The highest BCUT2D eigenvalue weighted by Gasteiger charge is 2.22. The quantitative estimate of drug-likeness (QED) is 0.595. The van der Waals surface area contributed by atoms with Crippen LogP contribution in [-0.4, -0.2) is 44.3 Å². The molecule has 152 valence electrons. The van der Waals surface area contributed by atoms with Gasteiger partial charge < -0.3 is 24.3 Å². The highest BCUT2D eigenvalue weighted by atomic mass is 16.6. The van der Waals surface area contributed by atoms with Crippen LogP contribution < -0.4 is 19.5 Å². The Hall–Kier alpha value is -2.70. The number of carbonyl (C=O) groups excluding carboxylic acids is 2. The van der Waals surface area contributed by atoms with Crippen molar-refractivity contribution in [3.63, 3.8) is 0 Å². The average molecular weight is 389 g/mol. The van der Waals surface area contributed by atoms with E-state index in [1.165, 1.54) is 12.5 Å². The van der Waals surface area contributed by atoms with E-state index >= 15 is 0 Å². The Balaban J connectivity index is 1.56. The van der Waals surface area contributed by atoms with E-state index in [1.54, 1.807) is 32.2 Å². The minimum atomic E-state index is -0.839. The zero-order chi connectivity index (χ0) is 19.9. The molecule has 0 aromatic heterocycles. The second-order valence-electron chi connectivity index (χ2n) is 7.00. The van der Waals surface area contributed by atoms with E-state index in [9.17, 15) is 9.59 Å². The van der Waals surface area contributed by atoms with Crippen LogP contribution in [0.1, 0.15) is 44.6 Å². The van der Waals surface area contributed by atoms with Crippen molar-refractivity contribution in [2.24, 2.45) is 0 Å². The highest BCUT2D eigenvalue weighted by Crippen LogP contribution is 2.40. The fraction of sp³-hybridized carbons (Fsp3) is 0.524. The summed E-state index contributed by atoms with van der Waals surface area (Å²) in [4.78, 5) is 24.3. The predicted molar refractivity (Wildman–Crippen MR) is 104 cm³/mol. The second kappa shape index (κ2) is 9.48. The lowest BCUT2D eigenvalue weighted by Gasteiger charge is -2.24. The molecule has 1 aromatic rings. The lowest BCUT2D eigenvalue weighted by molar-refractivity contribution is -0.150. The first-order chi connectivity index (χ1) is 13.6. The summed E-state index contributed by atoms with van der Waals surface area (Å²) in [6.45, 7) is 2.50. The molecule has 0 unspecified atom stereocenters. The molecular formula is C21H27NO6. The molecule has 0 radical (unpaired) electrons. The minimum absolute atomic E-state index is 0.183. The van der Waals surface area contributed by atoms with Crippen molar-refractivity contribution >= 4 is 18.0 Å². The molecule has 1 saturated carbocycles. The molecular weight excluding hydrogens is 362 g/mol. The number of nitrogens with one attached hydrogen (secondary N) is 1. The van der Waals surface area contributed by atoms with E-state index in [4.69, 9.17) is 18.9 Å². The van der Waals surface area contributed by atoms with E-state index in [0.29, 0.717) is 36.0 Å². The Morgan fingerprint density at radius 1 is 1.18 bits per heavy atom. The average Bonchev–Trinajstić information content (AvgIpc) is 2.72. The first-order valence-corrected chi connectivity index (χ1v) is 9.73. The molecule has 0 saturated heterocycles. The summed E-state index contributed by atoms with van der Waals surface area (Å²) in [5.74, 6) is 0.820. The number of hydrogen-bond acceptors (Lipinski definition) is 6. The van der Waals surface area contributed by atoms with Crippen molar-refractivity contribution in [2.45, 2.75) is 51.2 Å². The maximum Gasteiger partial charge on any atom is 0.331 e. The fourth-order valence-corrected chi connectivity index (χ4v) is 3.39. The van der Waals surface area contributed by atoms with E-state index in [1.807, 2.05) is 0 Å². The van der Waals surface area contributed by atoms with Crippen LogP contribution in [0.3, 0.4) is 0 Å². The topological polar surface area (TPSA) is 83.1 Å². The smallest absolute Gasteiger partial charge is 0.331 e. The summed E-state index contributed by atoms with van der Waals surface area (Å²) in [6.07, 6.45) is 7.48. The third-order valence-corrected chi connectivity index (χ3v) is 4.88. The summed E-state index contributed by atoms with van der Waals surface area (Å²) in [7, 11) is 1.54. The van der Waals surface area contributed by atoms with Gasteiger partial charge in [-0.1, -0.05) is 19.3 Å². The van der Waals surface area contributed by atoms with Gasteiger partial charge in [-0.15, -0.1) is 0 Å². The fourth-order valence-electron chi connectivity index (χ4n) is 3.39. The molecule has 1 aromatic carbocycles. The molecule has 1 fully saturated rings. The zero-order valence-electron chi connectivity index (χ0n) is 16.4. The monoisotopic (exact) mass is 389 g/mol. The van der Waals surface area contributed by atoms with Crippen molar-refractivity contribution < 1.29 is 28.5 Å². The Morgan fingerprint density at radius 3 is 2.68 bits per heavy atom. The molecule has 1 aliphatic heterocycles. The number of carbonyl (C=O) groups is 2. The van der Waals surface area contributed by atoms with Crippen molar-refractivity contribution in [3.05, 3.63) is 23.8 Å². The van der Waals surface area contributed by atoms with Gasteiger partial charge in [0.15, 0.2) is 17.6 Å². The lowest BCUT2D eigenvalue weighted by atomic mass is 9.95. The van der Waals surface area contributed by atoms with Crippen LogP contribution in [0, 0.1) is 0 Å². The number of fused-ring (bicyclic) bond motifs is 1. The summed E-state index contributed by atoms with van der Waals surface area (Å²) in [6, 6.07) is 3.69. The molecule has 7 heteroatoms. The Bertz CT molecular complexity index is 721. The van der Waals surface area contributed by atoms with E-state index < -0.39 is 12.1 Å². The summed E-state index contributed by atoms with van der Waals surface area (Å²) >= 11 is 0. The minimum Gasteiger partial charge on any atom is -0.493 e. The van der Waals surface area contributed by atoms with Crippen LogP contribution in [0.5, 0.6) is 17.2 Å². The van der Waals surface area contributed by atoms with Gasteiger partial charge in [-0.2, -0.15) is 0 Å². The number of esters is 1. The van der Waals surface area contributed by atoms with Crippen LogP contribution in [0.15, 0.2) is 18.2 Å². The molecule has 3 rings (SSSR count). The predicted octanol–water partition coefficient (Wildman–Crippen LogP) is 2.86. The largest absolute Gasteiger partial charge is 0.493 e.